The Balaban J connectivity index is 1.72. The van der Waals surface area contributed by atoms with E-state index in [9.17, 15) is 9.90 Å². The molecule has 0 aliphatic carbocycles. The SMILES string of the molecule is O=c1c(N2CCOCC2)nc(CCCO)cn1-c1ccc(-c2ncccn2)cc1. The van der Waals surface area contributed by atoms with Crippen molar-refractivity contribution in [3.63, 3.8) is 0 Å². The van der Waals surface area contributed by atoms with Crippen molar-refractivity contribution in [2.75, 3.05) is 37.8 Å². The third-order valence-corrected chi connectivity index (χ3v) is 4.81. The highest BCUT2D eigenvalue weighted by Gasteiger charge is 2.19. The summed E-state index contributed by atoms with van der Waals surface area (Å²) in [5.41, 5.74) is 2.24. The van der Waals surface area contributed by atoms with Gasteiger partial charge in [-0.3, -0.25) is 9.36 Å². The fourth-order valence-corrected chi connectivity index (χ4v) is 3.30. The van der Waals surface area contributed by atoms with E-state index in [1.807, 2.05) is 29.2 Å². The second-order valence-corrected chi connectivity index (χ2v) is 6.78. The lowest BCUT2D eigenvalue weighted by molar-refractivity contribution is 0.122. The van der Waals surface area contributed by atoms with E-state index in [1.54, 1.807) is 29.2 Å². The molecule has 0 saturated carbocycles. The van der Waals surface area contributed by atoms with Crippen LogP contribution in [0.5, 0.6) is 0 Å². The number of rotatable bonds is 6. The molecule has 1 aromatic carbocycles. The second-order valence-electron chi connectivity index (χ2n) is 6.78. The Morgan fingerprint density at radius 1 is 1.07 bits per heavy atom. The van der Waals surface area contributed by atoms with Crippen molar-refractivity contribution in [3.05, 3.63) is 65.0 Å². The van der Waals surface area contributed by atoms with Gasteiger partial charge in [0.25, 0.3) is 5.56 Å². The van der Waals surface area contributed by atoms with Gasteiger partial charge in [0.2, 0.25) is 0 Å². The number of aryl methyl sites for hydroxylation is 1. The minimum absolute atomic E-state index is 0.0828. The summed E-state index contributed by atoms with van der Waals surface area (Å²) < 4.78 is 7.03. The van der Waals surface area contributed by atoms with Gasteiger partial charge in [0.1, 0.15) is 0 Å². The van der Waals surface area contributed by atoms with Gasteiger partial charge in [0, 0.05) is 49.5 Å². The average molecular weight is 393 g/mol. The Bertz CT molecular complexity index is 999. The number of hydrogen-bond donors (Lipinski definition) is 1. The molecule has 150 valence electrons. The summed E-state index contributed by atoms with van der Waals surface area (Å²) in [4.78, 5) is 28.3. The highest BCUT2D eigenvalue weighted by molar-refractivity contribution is 5.57. The lowest BCUT2D eigenvalue weighted by Crippen LogP contribution is -2.41. The van der Waals surface area contributed by atoms with Crippen LogP contribution < -0.4 is 10.5 Å². The van der Waals surface area contributed by atoms with E-state index >= 15 is 0 Å². The molecule has 2 aromatic heterocycles. The molecule has 1 saturated heterocycles. The standard InChI is InChI=1S/C21H23N5O3/c27-12-1-3-17-15-26(21(28)20(24-17)25-10-13-29-14-11-25)18-6-4-16(5-7-18)19-22-8-2-9-23-19/h2,4-9,15,27H,1,3,10-14H2. The van der Waals surface area contributed by atoms with Crippen LogP contribution in [-0.2, 0) is 11.2 Å². The Hall–Kier alpha value is -3.10. The molecule has 8 heteroatoms. The average Bonchev–Trinajstić information content (AvgIpc) is 2.79. The van der Waals surface area contributed by atoms with Crippen LogP contribution in [0, 0.1) is 0 Å². The summed E-state index contributed by atoms with van der Waals surface area (Å²) in [7, 11) is 0. The van der Waals surface area contributed by atoms with Crippen LogP contribution in [0.2, 0.25) is 0 Å². The molecule has 0 amide bonds. The lowest BCUT2D eigenvalue weighted by atomic mass is 10.2. The van der Waals surface area contributed by atoms with Crippen molar-refractivity contribution >= 4 is 5.82 Å². The number of anilines is 1. The Kier molecular flexibility index (Phi) is 5.92. The van der Waals surface area contributed by atoms with Gasteiger partial charge in [-0.05, 0) is 43.2 Å². The molecule has 0 atom stereocenters. The fourth-order valence-electron chi connectivity index (χ4n) is 3.30. The second kappa shape index (κ2) is 8.93. The monoisotopic (exact) mass is 393 g/mol. The molecule has 1 fully saturated rings. The maximum Gasteiger partial charge on any atom is 0.298 e. The van der Waals surface area contributed by atoms with E-state index < -0.39 is 0 Å². The van der Waals surface area contributed by atoms with E-state index in [4.69, 9.17) is 4.74 Å². The maximum absolute atomic E-state index is 13.2. The molecular formula is C21H23N5O3. The van der Waals surface area contributed by atoms with Crippen LogP contribution in [0.3, 0.4) is 0 Å². The topological polar surface area (TPSA) is 93.4 Å². The molecule has 0 spiro atoms. The van der Waals surface area contributed by atoms with Gasteiger partial charge in [0.05, 0.1) is 18.9 Å². The minimum Gasteiger partial charge on any atom is -0.396 e. The number of aliphatic hydroxyl groups excluding tert-OH is 1. The van der Waals surface area contributed by atoms with E-state index in [2.05, 4.69) is 15.0 Å². The number of benzene rings is 1. The highest BCUT2D eigenvalue weighted by atomic mass is 16.5. The van der Waals surface area contributed by atoms with Crippen molar-refractivity contribution in [3.8, 4) is 17.1 Å². The van der Waals surface area contributed by atoms with Gasteiger partial charge in [-0.15, -0.1) is 0 Å². The molecule has 1 N–H and O–H groups in total. The number of ether oxygens (including phenoxy) is 1. The van der Waals surface area contributed by atoms with E-state index in [1.165, 1.54) is 0 Å². The summed E-state index contributed by atoms with van der Waals surface area (Å²) >= 11 is 0. The van der Waals surface area contributed by atoms with Crippen molar-refractivity contribution in [1.29, 1.82) is 0 Å². The first-order chi connectivity index (χ1) is 14.3. The number of hydrogen-bond acceptors (Lipinski definition) is 7. The highest BCUT2D eigenvalue weighted by Crippen LogP contribution is 2.18. The van der Waals surface area contributed by atoms with Crippen LogP contribution in [0.1, 0.15) is 12.1 Å². The zero-order valence-electron chi connectivity index (χ0n) is 16.1. The molecule has 1 aliphatic rings. The van der Waals surface area contributed by atoms with Crippen LogP contribution in [0.15, 0.2) is 53.7 Å². The molecule has 0 unspecified atom stereocenters. The Morgan fingerprint density at radius 2 is 1.79 bits per heavy atom. The van der Waals surface area contributed by atoms with Crippen molar-refractivity contribution in [2.45, 2.75) is 12.8 Å². The van der Waals surface area contributed by atoms with Gasteiger partial charge in [-0.2, -0.15) is 0 Å². The van der Waals surface area contributed by atoms with Gasteiger partial charge in [0.15, 0.2) is 11.6 Å². The molecular weight excluding hydrogens is 370 g/mol. The summed E-state index contributed by atoms with van der Waals surface area (Å²) in [6.07, 6.45) is 6.36. The molecule has 29 heavy (non-hydrogen) atoms. The summed E-state index contributed by atoms with van der Waals surface area (Å²) in [5, 5.41) is 9.19. The molecule has 0 radical (unpaired) electrons. The van der Waals surface area contributed by atoms with Crippen LogP contribution in [0.4, 0.5) is 5.82 Å². The number of aliphatic hydroxyl groups is 1. The molecule has 8 nitrogen and oxygen atoms in total. The zero-order chi connectivity index (χ0) is 20.1. The van der Waals surface area contributed by atoms with Gasteiger partial charge in [-0.25, -0.2) is 15.0 Å². The molecule has 1 aliphatic heterocycles. The lowest BCUT2D eigenvalue weighted by Gasteiger charge is -2.28. The number of nitrogens with zero attached hydrogens (tertiary/aromatic N) is 5. The molecule has 4 rings (SSSR count). The quantitative estimate of drug-likeness (QED) is 0.677. The molecule has 3 heterocycles. The van der Waals surface area contributed by atoms with Gasteiger partial charge in [-0.1, -0.05) is 0 Å². The van der Waals surface area contributed by atoms with Crippen LogP contribution in [-0.4, -0.2) is 57.5 Å². The van der Waals surface area contributed by atoms with Crippen LogP contribution >= 0.6 is 0 Å². The summed E-state index contributed by atoms with van der Waals surface area (Å²) in [5.74, 6) is 1.07. The van der Waals surface area contributed by atoms with E-state index in [-0.39, 0.29) is 12.2 Å². The van der Waals surface area contributed by atoms with Gasteiger partial charge >= 0.3 is 0 Å². The first kappa shape index (κ1) is 19.2. The maximum atomic E-state index is 13.2. The third-order valence-electron chi connectivity index (χ3n) is 4.81. The third kappa shape index (κ3) is 4.33. The Labute approximate surface area is 168 Å². The summed E-state index contributed by atoms with van der Waals surface area (Å²) in [6.45, 7) is 2.51. The van der Waals surface area contributed by atoms with Crippen LogP contribution in [0.25, 0.3) is 17.1 Å². The van der Waals surface area contributed by atoms with Crippen molar-refractivity contribution in [1.82, 2.24) is 19.5 Å². The smallest absolute Gasteiger partial charge is 0.298 e. The van der Waals surface area contributed by atoms with E-state index in [0.717, 1.165) is 16.9 Å². The molecule has 3 aromatic rings. The largest absolute Gasteiger partial charge is 0.396 e. The fraction of sp³-hybridized carbons (Fsp3) is 0.333. The minimum atomic E-state index is -0.164. The first-order valence-corrected chi connectivity index (χ1v) is 9.70. The molecule has 0 bridgehead atoms. The summed E-state index contributed by atoms with van der Waals surface area (Å²) in [6, 6.07) is 9.34. The van der Waals surface area contributed by atoms with Crippen molar-refractivity contribution < 1.29 is 9.84 Å². The normalized spacial score (nSPS) is 14.2. The Morgan fingerprint density at radius 3 is 2.48 bits per heavy atom. The first-order valence-electron chi connectivity index (χ1n) is 9.70. The van der Waals surface area contributed by atoms with E-state index in [0.29, 0.717) is 50.8 Å². The number of aromatic nitrogens is 4. The van der Waals surface area contributed by atoms with Gasteiger partial charge < -0.3 is 14.7 Å². The van der Waals surface area contributed by atoms with Crippen molar-refractivity contribution in [2.24, 2.45) is 0 Å². The predicted octanol–water partition coefficient (Wildman–Crippen LogP) is 1.45. The predicted molar refractivity (Wildman–Crippen MR) is 109 cm³/mol. The number of morpholine rings is 1. The zero-order valence-corrected chi connectivity index (χ0v) is 16.1.